The maximum absolute atomic E-state index is 11.4. The zero-order valence-electron chi connectivity index (χ0n) is 11.6. The van der Waals surface area contributed by atoms with Gasteiger partial charge in [-0.1, -0.05) is 29.5 Å². The van der Waals surface area contributed by atoms with Crippen molar-refractivity contribution in [3.8, 4) is 11.4 Å². The van der Waals surface area contributed by atoms with Crippen molar-refractivity contribution < 1.29 is 9.52 Å². The number of hydrogen-bond acceptors (Lipinski definition) is 7. The van der Waals surface area contributed by atoms with Crippen molar-refractivity contribution in [1.29, 1.82) is 0 Å². The van der Waals surface area contributed by atoms with Gasteiger partial charge in [0.25, 0.3) is 0 Å². The van der Waals surface area contributed by atoms with E-state index in [-0.39, 0.29) is 0 Å². The van der Waals surface area contributed by atoms with Gasteiger partial charge in [0.05, 0.1) is 11.4 Å². The molecule has 0 unspecified atom stereocenters. The molecule has 7 nitrogen and oxygen atoms in total. The highest BCUT2D eigenvalue weighted by Crippen LogP contribution is 2.22. The third kappa shape index (κ3) is 3.01. The van der Waals surface area contributed by atoms with E-state index in [4.69, 9.17) is 9.52 Å². The van der Waals surface area contributed by atoms with E-state index in [9.17, 15) is 4.79 Å². The first-order chi connectivity index (χ1) is 10.6. The fourth-order valence-corrected chi connectivity index (χ4v) is 2.55. The summed E-state index contributed by atoms with van der Waals surface area (Å²) in [6.45, 7) is 2.01. The van der Waals surface area contributed by atoms with Crippen molar-refractivity contribution in [3.63, 3.8) is 0 Å². The summed E-state index contributed by atoms with van der Waals surface area (Å²) in [6.07, 6.45) is 1.03. The number of aromatic hydroxyl groups is 1. The first-order valence-corrected chi connectivity index (χ1v) is 7.41. The molecule has 2 aromatic heterocycles. The van der Waals surface area contributed by atoms with E-state index >= 15 is 0 Å². The summed E-state index contributed by atoms with van der Waals surface area (Å²) in [5.41, 5.74) is 1.53. The highest BCUT2D eigenvalue weighted by Gasteiger charge is 2.10. The number of nitrogens with zero attached hydrogens (tertiary/aromatic N) is 4. The lowest BCUT2D eigenvalue weighted by Crippen LogP contribution is -2.01. The van der Waals surface area contributed by atoms with Gasteiger partial charge < -0.3 is 9.52 Å². The van der Waals surface area contributed by atoms with Crippen LogP contribution in [0.3, 0.4) is 0 Å². The van der Waals surface area contributed by atoms with E-state index in [0.717, 1.165) is 17.5 Å². The monoisotopic (exact) mass is 316 g/mol. The average molecular weight is 316 g/mol. The topological polar surface area (TPSA) is 94.0 Å². The molecule has 0 amide bonds. The van der Waals surface area contributed by atoms with Gasteiger partial charge in [0.2, 0.25) is 10.6 Å². The summed E-state index contributed by atoms with van der Waals surface area (Å²) in [4.78, 5) is 11.4. The second-order valence-electron chi connectivity index (χ2n) is 4.59. The van der Waals surface area contributed by atoms with Crippen LogP contribution in [0.1, 0.15) is 11.3 Å². The predicted octanol–water partition coefficient (Wildman–Crippen LogP) is 1.92. The quantitative estimate of drug-likeness (QED) is 0.735. The highest BCUT2D eigenvalue weighted by atomic mass is 32.2. The Kier molecular flexibility index (Phi) is 3.92. The maximum Gasteiger partial charge on any atom is 0.226 e. The van der Waals surface area contributed by atoms with Gasteiger partial charge in [-0.05, 0) is 29.5 Å². The Bertz CT molecular complexity index is 842. The van der Waals surface area contributed by atoms with Crippen molar-refractivity contribution in [2.75, 3.05) is 0 Å². The second kappa shape index (κ2) is 6.02. The van der Waals surface area contributed by atoms with Crippen molar-refractivity contribution in [3.05, 3.63) is 58.1 Å². The fourth-order valence-electron chi connectivity index (χ4n) is 1.77. The van der Waals surface area contributed by atoms with Gasteiger partial charge in [0.1, 0.15) is 12.0 Å². The molecule has 0 radical (unpaired) electrons. The molecule has 0 atom stereocenters. The molecule has 0 saturated carbocycles. The van der Waals surface area contributed by atoms with Gasteiger partial charge in [0, 0.05) is 6.07 Å². The molecule has 2 heterocycles. The van der Waals surface area contributed by atoms with Crippen molar-refractivity contribution in [2.45, 2.75) is 17.8 Å². The van der Waals surface area contributed by atoms with Gasteiger partial charge in [0.15, 0.2) is 5.75 Å². The SMILES string of the molecule is Cc1ccc(-n2nnnc2SCc2cc(=O)c(O)co2)cc1. The van der Waals surface area contributed by atoms with Gasteiger partial charge in [-0.25, -0.2) is 0 Å². The summed E-state index contributed by atoms with van der Waals surface area (Å²) in [5, 5.41) is 21.3. The number of benzene rings is 1. The molecule has 0 spiro atoms. The number of hydrogen-bond donors (Lipinski definition) is 1. The average Bonchev–Trinajstić information content (AvgIpc) is 2.98. The van der Waals surface area contributed by atoms with Crippen LogP contribution in [0.2, 0.25) is 0 Å². The van der Waals surface area contributed by atoms with Crippen LogP contribution in [0, 0.1) is 6.92 Å². The summed E-state index contributed by atoms with van der Waals surface area (Å²) in [6, 6.07) is 9.06. The van der Waals surface area contributed by atoms with Gasteiger partial charge in [-0.2, -0.15) is 4.68 Å². The van der Waals surface area contributed by atoms with Crippen LogP contribution in [0.25, 0.3) is 5.69 Å². The van der Waals surface area contributed by atoms with Crippen molar-refractivity contribution >= 4 is 11.8 Å². The summed E-state index contributed by atoms with van der Waals surface area (Å²) in [7, 11) is 0. The fraction of sp³-hybridized carbons (Fsp3) is 0.143. The van der Waals surface area contributed by atoms with E-state index < -0.39 is 11.2 Å². The molecule has 3 rings (SSSR count). The van der Waals surface area contributed by atoms with Crippen LogP contribution in [0.5, 0.6) is 5.75 Å². The molecule has 0 bridgehead atoms. The number of thioether (sulfide) groups is 1. The van der Waals surface area contributed by atoms with Crippen LogP contribution < -0.4 is 5.43 Å². The minimum atomic E-state index is -0.472. The summed E-state index contributed by atoms with van der Waals surface area (Å²) >= 11 is 1.33. The molecule has 0 aliphatic carbocycles. The number of aryl methyl sites for hydroxylation is 1. The highest BCUT2D eigenvalue weighted by molar-refractivity contribution is 7.98. The molecule has 112 valence electrons. The predicted molar refractivity (Wildman–Crippen MR) is 80.1 cm³/mol. The molecule has 0 fully saturated rings. The minimum Gasteiger partial charge on any atom is -0.502 e. The van der Waals surface area contributed by atoms with E-state index in [1.165, 1.54) is 17.8 Å². The molecular formula is C14H12N4O3S. The van der Waals surface area contributed by atoms with Crippen LogP contribution in [0.4, 0.5) is 0 Å². The van der Waals surface area contributed by atoms with Gasteiger partial charge in [-0.15, -0.1) is 5.10 Å². The Morgan fingerprint density at radius 2 is 2.09 bits per heavy atom. The van der Waals surface area contributed by atoms with Crippen molar-refractivity contribution in [1.82, 2.24) is 20.2 Å². The zero-order chi connectivity index (χ0) is 15.5. The van der Waals surface area contributed by atoms with E-state index in [1.807, 2.05) is 31.2 Å². The van der Waals surface area contributed by atoms with Crippen LogP contribution in [-0.2, 0) is 5.75 Å². The van der Waals surface area contributed by atoms with Crippen molar-refractivity contribution in [2.24, 2.45) is 0 Å². The third-order valence-corrected chi connectivity index (χ3v) is 3.87. The normalized spacial score (nSPS) is 10.8. The molecular weight excluding hydrogens is 304 g/mol. The lowest BCUT2D eigenvalue weighted by Gasteiger charge is -2.04. The number of tetrazole rings is 1. The number of rotatable bonds is 4. The summed E-state index contributed by atoms with van der Waals surface area (Å²) < 4.78 is 6.76. The Balaban J connectivity index is 1.79. The molecule has 3 aromatic rings. The van der Waals surface area contributed by atoms with Crippen LogP contribution in [0.15, 0.2) is 51.0 Å². The lowest BCUT2D eigenvalue weighted by atomic mass is 10.2. The Morgan fingerprint density at radius 3 is 2.82 bits per heavy atom. The smallest absolute Gasteiger partial charge is 0.226 e. The van der Waals surface area contributed by atoms with E-state index in [1.54, 1.807) is 4.68 Å². The first kappa shape index (κ1) is 14.3. The molecule has 0 aliphatic heterocycles. The molecule has 22 heavy (non-hydrogen) atoms. The van der Waals surface area contributed by atoms with Gasteiger partial charge >= 0.3 is 0 Å². The summed E-state index contributed by atoms with van der Waals surface area (Å²) in [5.74, 6) is 0.409. The number of aromatic nitrogens is 4. The van der Waals surface area contributed by atoms with Crippen LogP contribution >= 0.6 is 11.8 Å². The third-order valence-electron chi connectivity index (χ3n) is 2.93. The minimum absolute atomic E-state index is 0.377. The second-order valence-corrected chi connectivity index (χ2v) is 5.54. The van der Waals surface area contributed by atoms with Crippen LogP contribution in [-0.4, -0.2) is 25.3 Å². The molecule has 8 heteroatoms. The molecule has 0 saturated heterocycles. The standard InChI is InChI=1S/C14H12N4O3S/c1-9-2-4-10(5-3-9)18-14(15-16-17-18)22-8-11-6-12(19)13(20)7-21-11/h2-7,20H,8H2,1H3. The molecule has 0 aliphatic rings. The van der Waals surface area contributed by atoms with Gasteiger partial charge in [-0.3, -0.25) is 4.79 Å². The molecule has 1 N–H and O–H groups in total. The Morgan fingerprint density at radius 1 is 1.32 bits per heavy atom. The Labute approximate surface area is 129 Å². The molecule has 1 aromatic carbocycles. The van der Waals surface area contributed by atoms with E-state index in [0.29, 0.717) is 16.7 Å². The Hall–Kier alpha value is -2.61. The lowest BCUT2D eigenvalue weighted by molar-refractivity contribution is 0.419. The maximum atomic E-state index is 11.4. The zero-order valence-corrected chi connectivity index (χ0v) is 12.4. The first-order valence-electron chi connectivity index (χ1n) is 6.42. The largest absolute Gasteiger partial charge is 0.502 e. The van der Waals surface area contributed by atoms with E-state index in [2.05, 4.69) is 15.5 Å².